The number of carbonyl (C=O) groups is 2. The second kappa shape index (κ2) is 6.05. The van der Waals surface area contributed by atoms with Crippen molar-refractivity contribution >= 4 is 17.6 Å². The highest BCUT2D eigenvalue weighted by Crippen LogP contribution is 2.14. The monoisotopic (exact) mass is 277 g/mol. The average molecular weight is 277 g/mol. The van der Waals surface area contributed by atoms with E-state index in [1.807, 2.05) is 0 Å². The van der Waals surface area contributed by atoms with Crippen molar-refractivity contribution in [2.24, 2.45) is 5.73 Å². The topological polar surface area (TPSA) is 93.5 Å². The number of primary amides is 1. The van der Waals surface area contributed by atoms with E-state index in [0.29, 0.717) is 5.69 Å². The van der Waals surface area contributed by atoms with Crippen LogP contribution < -0.4 is 16.5 Å². The van der Waals surface area contributed by atoms with Gasteiger partial charge < -0.3 is 11.1 Å². The Kier molecular flexibility index (Phi) is 4.70. The van der Waals surface area contributed by atoms with Crippen molar-refractivity contribution in [3.63, 3.8) is 0 Å². The molecule has 0 radical (unpaired) electrons. The largest absolute Gasteiger partial charge is 0.414 e. The first-order valence-electron chi connectivity index (χ1n) is 4.93. The van der Waals surface area contributed by atoms with Crippen LogP contribution in [0.4, 0.5) is 23.7 Å². The normalized spacial score (nSPS) is 10.9. The third-order valence-corrected chi connectivity index (χ3v) is 1.82. The van der Waals surface area contributed by atoms with Crippen molar-refractivity contribution in [3.8, 4) is 0 Å². The lowest BCUT2D eigenvalue weighted by atomic mass is 10.2. The van der Waals surface area contributed by atoms with Gasteiger partial charge in [0.1, 0.15) is 0 Å². The van der Waals surface area contributed by atoms with E-state index < -0.39 is 24.7 Å². The fourth-order valence-corrected chi connectivity index (χ4v) is 1.09. The molecular weight excluding hydrogens is 267 g/mol. The predicted molar refractivity (Wildman–Crippen MR) is 59.1 cm³/mol. The Balaban J connectivity index is 2.51. The molecule has 0 fully saturated rings. The molecule has 0 atom stereocenters. The quantitative estimate of drug-likeness (QED) is 0.726. The number of hydrogen-bond donors (Lipinski definition) is 3. The van der Waals surface area contributed by atoms with Crippen molar-refractivity contribution in [2.75, 3.05) is 11.9 Å². The zero-order valence-corrected chi connectivity index (χ0v) is 9.45. The number of rotatable bonds is 4. The van der Waals surface area contributed by atoms with Gasteiger partial charge in [-0.3, -0.25) is 9.63 Å². The van der Waals surface area contributed by atoms with E-state index in [2.05, 4.69) is 10.2 Å². The zero-order valence-electron chi connectivity index (χ0n) is 9.45. The van der Waals surface area contributed by atoms with Crippen LogP contribution in [0.25, 0.3) is 0 Å². The maximum absolute atomic E-state index is 11.8. The number of halogens is 3. The molecular formula is C10H10F3N3O3. The van der Waals surface area contributed by atoms with Gasteiger partial charge in [0.05, 0.1) is 0 Å². The number of anilines is 1. The van der Waals surface area contributed by atoms with Crippen LogP contribution in [-0.2, 0) is 4.84 Å². The Morgan fingerprint density at radius 2 is 1.79 bits per heavy atom. The summed E-state index contributed by atoms with van der Waals surface area (Å²) in [6.07, 6.45) is -4.53. The summed E-state index contributed by atoms with van der Waals surface area (Å²) in [5.41, 5.74) is 6.93. The molecule has 1 aromatic carbocycles. The molecule has 0 aliphatic heterocycles. The van der Waals surface area contributed by atoms with Crippen LogP contribution in [0.3, 0.4) is 0 Å². The summed E-state index contributed by atoms with van der Waals surface area (Å²) in [6.45, 7) is -1.58. The van der Waals surface area contributed by atoms with E-state index in [0.717, 1.165) is 0 Å². The van der Waals surface area contributed by atoms with Crippen LogP contribution in [0.5, 0.6) is 0 Å². The predicted octanol–water partition coefficient (Wildman–Crippen LogP) is 1.40. The number of nitrogens with two attached hydrogens (primary N) is 1. The Labute approximate surface area is 105 Å². The Morgan fingerprint density at radius 1 is 1.21 bits per heavy atom. The molecule has 3 amide bonds. The number of carbonyl (C=O) groups excluding carboxylic acids is 2. The summed E-state index contributed by atoms with van der Waals surface area (Å²) >= 11 is 0. The fraction of sp³-hybridized carbons (Fsp3) is 0.200. The van der Waals surface area contributed by atoms with Gasteiger partial charge in [-0.15, -0.1) is 0 Å². The summed E-state index contributed by atoms with van der Waals surface area (Å²) in [7, 11) is 0. The third kappa shape index (κ3) is 5.73. The summed E-state index contributed by atoms with van der Waals surface area (Å²) < 4.78 is 35.3. The van der Waals surface area contributed by atoms with Gasteiger partial charge in [0.15, 0.2) is 6.61 Å². The van der Waals surface area contributed by atoms with Gasteiger partial charge in [-0.2, -0.15) is 13.2 Å². The molecule has 0 saturated heterocycles. The molecule has 0 saturated carbocycles. The van der Waals surface area contributed by atoms with Gasteiger partial charge in [-0.05, 0) is 24.3 Å². The second-order valence-electron chi connectivity index (χ2n) is 3.40. The van der Waals surface area contributed by atoms with Crippen LogP contribution in [0.1, 0.15) is 10.4 Å². The highest BCUT2D eigenvalue weighted by Gasteiger charge is 2.28. The van der Waals surface area contributed by atoms with Crippen LogP contribution in [0.2, 0.25) is 0 Å². The zero-order chi connectivity index (χ0) is 14.5. The van der Waals surface area contributed by atoms with Gasteiger partial charge in [-0.25, -0.2) is 10.3 Å². The Bertz CT molecular complexity index is 459. The molecule has 0 bridgehead atoms. The van der Waals surface area contributed by atoms with E-state index in [9.17, 15) is 22.8 Å². The summed E-state index contributed by atoms with van der Waals surface area (Å²) in [5.74, 6) is -0.838. The SMILES string of the molecule is NC(=O)Nc1ccc(C(=O)NOCC(F)(F)F)cc1. The molecule has 1 aromatic rings. The molecule has 0 aliphatic carbocycles. The maximum atomic E-state index is 11.8. The minimum absolute atomic E-state index is 0.0668. The average Bonchev–Trinajstić information content (AvgIpc) is 2.27. The van der Waals surface area contributed by atoms with Crippen molar-refractivity contribution in [1.82, 2.24) is 5.48 Å². The first kappa shape index (κ1) is 14.8. The summed E-state index contributed by atoms with van der Waals surface area (Å²) in [6, 6.07) is 4.54. The number of hydroxylamine groups is 1. The molecule has 0 unspecified atom stereocenters. The number of alkyl halides is 3. The van der Waals surface area contributed by atoms with Crippen LogP contribution in [0, 0.1) is 0 Å². The van der Waals surface area contributed by atoms with E-state index in [1.54, 1.807) is 5.48 Å². The highest BCUT2D eigenvalue weighted by molar-refractivity contribution is 5.94. The van der Waals surface area contributed by atoms with Crippen LogP contribution in [-0.4, -0.2) is 24.7 Å². The van der Waals surface area contributed by atoms with Gasteiger partial charge in [0, 0.05) is 11.3 Å². The van der Waals surface area contributed by atoms with E-state index in [-0.39, 0.29) is 5.56 Å². The molecule has 0 spiro atoms. The van der Waals surface area contributed by atoms with Crippen molar-refractivity contribution in [1.29, 1.82) is 0 Å². The van der Waals surface area contributed by atoms with Crippen molar-refractivity contribution < 1.29 is 27.6 Å². The first-order chi connectivity index (χ1) is 8.78. The smallest absolute Gasteiger partial charge is 0.351 e. The number of nitrogens with one attached hydrogen (secondary N) is 2. The summed E-state index contributed by atoms with van der Waals surface area (Å²) in [5, 5.41) is 2.26. The van der Waals surface area contributed by atoms with Crippen molar-refractivity contribution in [3.05, 3.63) is 29.8 Å². The highest BCUT2D eigenvalue weighted by atomic mass is 19.4. The van der Waals surface area contributed by atoms with Crippen LogP contribution in [0.15, 0.2) is 24.3 Å². The van der Waals surface area contributed by atoms with Crippen LogP contribution >= 0.6 is 0 Å². The minimum atomic E-state index is -4.53. The molecule has 0 aromatic heterocycles. The van der Waals surface area contributed by atoms with Gasteiger partial charge >= 0.3 is 12.2 Å². The third-order valence-electron chi connectivity index (χ3n) is 1.82. The molecule has 0 heterocycles. The molecule has 104 valence electrons. The van der Waals surface area contributed by atoms with E-state index in [4.69, 9.17) is 5.73 Å². The number of benzene rings is 1. The fourth-order valence-electron chi connectivity index (χ4n) is 1.09. The molecule has 4 N–H and O–H groups in total. The number of amides is 3. The lowest BCUT2D eigenvalue weighted by molar-refractivity contribution is -0.184. The lowest BCUT2D eigenvalue weighted by Gasteiger charge is -2.08. The second-order valence-corrected chi connectivity index (χ2v) is 3.40. The molecule has 1 rings (SSSR count). The standard InChI is InChI=1S/C10H10F3N3O3/c11-10(12,13)5-19-16-8(17)6-1-3-7(4-2-6)15-9(14)18/h1-4H,5H2,(H,16,17)(H3,14,15,18). The number of hydrogen-bond acceptors (Lipinski definition) is 3. The van der Waals surface area contributed by atoms with Crippen molar-refractivity contribution in [2.45, 2.75) is 6.18 Å². The maximum Gasteiger partial charge on any atom is 0.414 e. The van der Waals surface area contributed by atoms with E-state index >= 15 is 0 Å². The Morgan fingerprint density at radius 3 is 2.26 bits per heavy atom. The number of urea groups is 1. The molecule has 6 nitrogen and oxygen atoms in total. The molecule has 0 aliphatic rings. The summed E-state index contributed by atoms with van der Waals surface area (Å²) in [4.78, 5) is 25.9. The van der Waals surface area contributed by atoms with Gasteiger partial charge in [-0.1, -0.05) is 0 Å². The first-order valence-corrected chi connectivity index (χ1v) is 4.93. The minimum Gasteiger partial charge on any atom is -0.351 e. The Hall–Kier alpha value is -2.29. The van der Waals surface area contributed by atoms with Gasteiger partial charge in [0.2, 0.25) is 0 Å². The lowest BCUT2D eigenvalue weighted by Crippen LogP contribution is -2.29. The molecule has 9 heteroatoms. The molecule has 19 heavy (non-hydrogen) atoms. The van der Waals surface area contributed by atoms with Gasteiger partial charge in [0.25, 0.3) is 5.91 Å². The van der Waals surface area contributed by atoms with E-state index in [1.165, 1.54) is 24.3 Å².